The maximum Gasteiger partial charge on any atom is 0.0889 e. The summed E-state index contributed by atoms with van der Waals surface area (Å²) in [6.45, 7) is 3.88. The van der Waals surface area contributed by atoms with Gasteiger partial charge in [-0.1, -0.05) is 24.3 Å². The molecule has 0 aliphatic rings. The third-order valence-electron chi connectivity index (χ3n) is 3.18. The first-order valence-corrected chi connectivity index (χ1v) is 6.46. The van der Waals surface area contributed by atoms with Crippen molar-refractivity contribution in [2.24, 2.45) is 10.2 Å². The van der Waals surface area contributed by atoms with Crippen molar-refractivity contribution < 1.29 is 10.2 Å². The number of aliphatic hydroxyl groups is 2. The topological polar surface area (TPSA) is 65.2 Å². The third kappa shape index (κ3) is 3.29. The Kier molecular flexibility index (Phi) is 4.61. The molecule has 2 aromatic rings. The number of aliphatic hydroxyl groups excluding tert-OH is 2. The van der Waals surface area contributed by atoms with Crippen LogP contribution in [0.15, 0.2) is 46.6 Å². The first-order chi connectivity index (χ1) is 9.63. The maximum absolute atomic E-state index is 9.15. The minimum absolute atomic E-state index is 0.0121. The zero-order valence-corrected chi connectivity index (χ0v) is 11.7. The van der Waals surface area contributed by atoms with Gasteiger partial charge in [-0.3, -0.25) is 0 Å². The second kappa shape index (κ2) is 6.41. The average Bonchev–Trinajstić information content (AvgIpc) is 2.48. The second-order valence-electron chi connectivity index (χ2n) is 4.76. The molecule has 0 fully saturated rings. The van der Waals surface area contributed by atoms with Crippen molar-refractivity contribution in [3.63, 3.8) is 0 Å². The van der Waals surface area contributed by atoms with Crippen LogP contribution >= 0.6 is 0 Å². The van der Waals surface area contributed by atoms with E-state index in [4.69, 9.17) is 10.2 Å². The Morgan fingerprint density at radius 3 is 1.50 bits per heavy atom. The van der Waals surface area contributed by atoms with E-state index in [-0.39, 0.29) is 13.2 Å². The summed E-state index contributed by atoms with van der Waals surface area (Å²) in [5.74, 6) is 0. The minimum atomic E-state index is -0.0121. The molecular weight excluding hydrogens is 252 g/mol. The van der Waals surface area contributed by atoms with Gasteiger partial charge in [-0.2, -0.15) is 10.2 Å². The Morgan fingerprint density at radius 2 is 1.15 bits per heavy atom. The van der Waals surface area contributed by atoms with Crippen LogP contribution in [0.4, 0.5) is 11.4 Å². The number of benzene rings is 2. The highest BCUT2D eigenvalue weighted by atomic mass is 16.3. The lowest BCUT2D eigenvalue weighted by Crippen LogP contribution is -1.84. The van der Waals surface area contributed by atoms with Gasteiger partial charge in [0, 0.05) is 0 Å². The Morgan fingerprint density at radius 1 is 0.750 bits per heavy atom. The number of azo groups is 1. The molecule has 0 atom stereocenters. The summed E-state index contributed by atoms with van der Waals surface area (Å²) in [6, 6.07) is 11.2. The molecule has 0 radical (unpaired) electrons. The van der Waals surface area contributed by atoms with Crippen LogP contribution in [0.3, 0.4) is 0 Å². The van der Waals surface area contributed by atoms with Crippen LogP contribution in [0, 0.1) is 13.8 Å². The van der Waals surface area contributed by atoms with Crippen LogP contribution in [-0.2, 0) is 13.2 Å². The highest BCUT2D eigenvalue weighted by Gasteiger charge is 2.01. The van der Waals surface area contributed by atoms with Gasteiger partial charge < -0.3 is 10.2 Å². The van der Waals surface area contributed by atoms with Crippen LogP contribution in [0.1, 0.15) is 22.3 Å². The van der Waals surface area contributed by atoms with E-state index < -0.39 is 0 Å². The predicted molar refractivity (Wildman–Crippen MR) is 78.4 cm³/mol. The molecular formula is C16H18N2O2. The molecule has 0 heterocycles. The zero-order valence-electron chi connectivity index (χ0n) is 11.7. The molecule has 2 aromatic carbocycles. The SMILES string of the molecule is Cc1ccc(CO)cc1N=Nc1cc(CO)ccc1C. The lowest BCUT2D eigenvalue weighted by molar-refractivity contribution is 0.281. The maximum atomic E-state index is 9.15. The number of rotatable bonds is 4. The van der Waals surface area contributed by atoms with Gasteiger partial charge in [0.05, 0.1) is 24.6 Å². The second-order valence-corrected chi connectivity index (χ2v) is 4.76. The van der Waals surface area contributed by atoms with Crippen molar-refractivity contribution in [3.8, 4) is 0 Å². The van der Waals surface area contributed by atoms with Crippen LogP contribution < -0.4 is 0 Å². The van der Waals surface area contributed by atoms with E-state index in [2.05, 4.69) is 10.2 Å². The fourth-order valence-corrected chi connectivity index (χ4v) is 1.83. The Balaban J connectivity index is 2.33. The monoisotopic (exact) mass is 270 g/mol. The van der Waals surface area contributed by atoms with E-state index in [1.54, 1.807) is 0 Å². The first kappa shape index (κ1) is 14.4. The molecule has 2 rings (SSSR count). The van der Waals surface area contributed by atoms with Gasteiger partial charge in [0.1, 0.15) is 0 Å². The molecule has 0 spiro atoms. The molecule has 0 aromatic heterocycles. The minimum Gasteiger partial charge on any atom is -0.392 e. The molecule has 0 amide bonds. The largest absolute Gasteiger partial charge is 0.392 e. The van der Waals surface area contributed by atoms with Crippen LogP contribution in [-0.4, -0.2) is 10.2 Å². The lowest BCUT2D eigenvalue weighted by Gasteiger charge is -2.04. The number of nitrogens with zero attached hydrogens (tertiary/aromatic N) is 2. The normalized spacial score (nSPS) is 11.2. The molecule has 20 heavy (non-hydrogen) atoms. The van der Waals surface area contributed by atoms with Gasteiger partial charge in [0.15, 0.2) is 0 Å². The summed E-state index contributed by atoms with van der Waals surface area (Å²) >= 11 is 0. The molecule has 0 aliphatic carbocycles. The molecule has 0 aliphatic heterocycles. The summed E-state index contributed by atoms with van der Waals surface area (Å²) in [4.78, 5) is 0. The molecule has 0 bridgehead atoms. The van der Waals surface area contributed by atoms with Crippen molar-refractivity contribution in [2.75, 3.05) is 0 Å². The summed E-state index contributed by atoms with van der Waals surface area (Å²) in [5.41, 5.74) is 5.11. The van der Waals surface area contributed by atoms with Crippen molar-refractivity contribution >= 4 is 11.4 Å². The van der Waals surface area contributed by atoms with Crippen molar-refractivity contribution in [1.29, 1.82) is 0 Å². The molecule has 2 N–H and O–H groups in total. The van der Waals surface area contributed by atoms with E-state index in [1.165, 1.54) is 0 Å². The first-order valence-electron chi connectivity index (χ1n) is 6.46. The van der Waals surface area contributed by atoms with Gasteiger partial charge in [0.25, 0.3) is 0 Å². The standard InChI is InChI=1S/C16H18N2O2/c1-11-3-5-13(9-19)7-15(11)17-18-16-8-14(10-20)6-4-12(16)2/h3-8,19-20H,9-10H2,1-2H3. The van der Waals surface area contributed by atoms with Crippen molar-refractivity contribution in [1.82, 2.24) is 0 Å². The average molecular weight is 270 g/mol. The summed E-state index contributed by atoms with van der Waals surface area (Å²) in [5, 5.41) is 26.8. The van der Waals surface area contributed by atoms with E-state index in [1.807, 2.05) is 50.2 Å². The van der Waals surface area contributed by atoms with E-state index >= 15 is 0 Å². The smallest absolute Gasteiger partial charge is 0.0889 e. The third-order valence-corrected chi connectivity index (χ3v) is 3.18. The number of aryl methyl sites for hydroxylation is 2. The molecule has 0 saturated carbocycles. The molecule has 4 heteroatoms. The van der Waals surface area contributed by atoms with Gasteiger partial charge in [0.2, 0.25) is 0 Å². The van der Waals surface area contributed by atoms with Gasteiger partial charge in [-0.15, -0.1) is 0 Å². The number of hydrogen-bond donors (Lipinski definition) is 2. The van der Waals surface area contributed by atoms with Crippen LogP contribution in [0.2, 0.25) is 0 Å². The van der Waals surface area contributed by atoms with Crippen LogP contribution in [0.5, 0.6) is 0 Å². The van der Waals surface area contributed by atoms with Gasteiger partial charge in [-0.25, -0.2) is 0 Å². The Hall–Kier alpha value is -2.04. The summed E-state index contributed by atoms with van der Waals surface area (Å²) < 4.78 is 0. The van der Waals surface area contributed by atoms with E-state index in [9.17, 15) is 0 Å². The Labute approximate surface area is 118 Å². The predicted octanol–water partition coefficient (Wildman–Crippen LogP) is 3.70. The molecule has 4 nitrogen and oxygen atoms in total. The van der Waals surface area contributed by atoms with Crippen molar-refractivity contribution in [2.45, 2.75) is 27.1 Å². The van der Waals surface area contributed by atoms with Crippen molar-refractivity contribution in [3.05, 3.63) is 58.7 Å². The van der Waals surface area contributed by atoms with Crippen LogP contribution in [0.25, 0.3) is 0 Å². The van der Waals surface area contributed by atoms with Gasteiger partial charge >= 0.3 is 0 Å². The summed E-state index contributed by atoms with van der Waals surface area (Å²) in [6.07, 6.45) is 0. The lowest BCUT2D eigenvalue weighted by atomic mass is 10.1. The zero-order chi connectivity index (χ0) is 14.5. The Bertz CT molecular complexity index is 581. The molecule has 104 valence electrons. The molecule has 0 unspecified atom stereocenters. The summed E-state index contributed by atoms with van der Waals surface area (Å²) in [7, 11) is 0. The number of hydrogen-bond acceptors (Lipinski definition) is 4. The fraction of sp³-hybridized carbons (Fsp3) is 0.250. The van der Waals surface area contributed by atoms with Gasteiger partial charge in [-0.05, 0) is 48.2 Å². The quantitative estimate of drug-likeness (QED) is 0.832. The van der Waals surface area contributed by atoms with E-state index in [0.717, 1.165) is 33.6 Å². The highest BCUT2D eigenvalue weighted by molar-refractivity contribution is 5.50. The molecule has 0 saturated heterocycles. The fourth-order valence-electron chi connectivity index (χ4n) is 1.83. The van der Waals surface area contributed by atoms with E-state index in [0.29, 0.717) is 0 Å². The highest BCUT2D eigenvalue weighted by Crippen LogP contribution is 2.26.